The number of nitrogens with zero attached hydrogens (tertiary/aromatic N) is 1. The van der Waals surface area contributed by atoms with Gasteiger partial charge in [-0.3, -0.25) is 10.1 Å². The standard InChI is InChI=1S/C24H20N2O4/c27-26(28)12-11-20-15-25-22-14-24(30-17-19-9-5-2-6-10-19)23(13-21(20)22)29-16-18-7-3-1-4-8-18/h1-15,25H,16-17H2. The third-order valence-corrected chi connectivity index (χ3v) is 4.63. The van der Waals surface area contributed by atoms with E-state index in [1.54, 1.807) is 6.20 Å². The van der Waals surface area contributed by atoms with Gasteiger partial charge in [0.05, 0.1) is 4.92 Å². The molecule has 4 rings (SSSR count). The van der Waals surface area contributed by atoms with Gasteiger partial charge in [-0.25, -0.2) is 0 Å². The Labute approximate surface area is 173 Å². The van der Waals surface area contributed by atoms with Crippen LogP contribution in [0.1, 0.15) is 16.7 Å². The van der Waals surface area contributed by atoms with Crippen LogP contribution in [0.5, 0.6) is 11.5 Å². The lowest BCUT2D eigenvalue weighted by Gasteiger charge is -2.14. The molecule has 1 aromatic heterocycles. The molecule has 6 heteroatoms. The van der Waals surface area contributed by atoms with Crippen molar-refractivity contribution in [3.05, 3.63) is 112 Å². The number of aromatic amines is 1. The van der Waals surface area contributed by atoms with E-state index in [1.807, 2.05) is 72.8 Å². The first-order chi connectivity index (χ1) is 14.7. The minimum atomic E-state index is -0.483. The van der Waals surface area contributed by atoms with E-state index in [1.165, 1.54) is 6.08 Å². The number of hydrogen-bond donors (Lipinski definition) is 1. The van der Waals surface area contributed by atoms with Gasteiger partial charge < -0.3 is 14.5 Å². The van der Waals surface area contributed by atoms with Gasteiger partial charge in [0.15, 0.2) is 11.5 Å². The summed E-state index contributed by atoms with van der Waals surface area (Å²) in [5, 5.41) is 11.5. The topological polar surface area (TPSA) is 77.4 Å². The van der Waals surface area contributed by atoms with Crippen molar-refractivity contribution in [2.24, 2.45) is 0 Å². The van der Waals surface area contributed by atoms with E-state index in [0.29, 0.717) is 30.3 Å². The van der Waals surface area contributed by atoms with Crippen molar-refractivity contribution < 1.29 is 14.4 Å². The van der Waals surface area contributed by atoms with Gasteiger partial charge in [-0.05, 0) is 17.2 Å². The molecule has 30 heavy (non-hydrogen) atoms. The molecule has 0 spiro atoms. The van der Waals surface area contributed by atoms with E-state index in [4.69, 9.17) is 9.47 Å². The lowest BCUT2D eigenvalue weighted by atomic mass is 10.1. The summed E-state index contributed by atoms with van der Waals surface area (Å²) in [6, 6.07) is 23.5. The van der Waals surface area contributed by atoms with Gasteiger partial charge in [0.25, 0.3) is 0 Å². The Hall–Kier alpha value is -4.06. The first kappa shape index (κ1) is 19.3. The molecule has 1 heterocycles. The van der Waals surface area contributed by atoms with Crippen molar-refractivity contribution >= 4 is 17.0 Å². The van der Waals surface area contributed by atoms with E-state index in [-0.39, 0.29) is 0 Å². The van der Waals surface area contributed by atoms with Crippen molar-refractivity contribution in [3.63, 3.8) is 0 Å². The smallest absolute Gasteiger partial charge is 0.235 e. The number of aromatic nitrogens is 1. The van der Waals surface area contributed by atoms with Crippen molar-refractivity contribution in [2.45, 2.75) is 13.2 Å². The number of nitrogens with one attached hydrogen (secondary N) is 1. The molecule has 150 valence electrons. The Morgan fingerprint density at radius 2 is 1.43 bits per heavy atom. The molecule has 1 N–H and O–H groups in total. The van der Waals surface area contributed by atoms with Crippen LogP contribution in [0.3, 0.4) is 0 Å². The first-order valence-corrected chi connectivity index (χ1v) is 9.49. The van der Waals surface area contributed by atoms with E-state index in [2.05, 4.69) is 4.98 Å². The van der Waals surface area contributed by atoms with Crippen LogP contribution in [0.25, 0.3) is 17.0 Å². The Morgan fingerprint density at radius 1 is 0.867 bits per heavy atom. The highest BCUT2D eigenvalue weighted by atomic mass is 16.6. The first-order valence-electron chi connectivity index (χ1n) is 9.49. The lowest BCUT2D eigenvalue weighted by molar-refractivity contribution is -0.400. The minimum absolute atomic E-state index is 0.387. The molecule has 6 nitrogen and oxygen atoms in total. The van der Waals surface area contributed by atoms with Crippen molar-refractivity contribution in [1.29, 1.82) is 0 Å². The minimum Gasteiger partial charge on any atom is -0.485 e. The summed E-state index contributed by atoms with van der Waals surface area (Å²) in [6.07, 6.45) is 4.11. The molecule has 3 aromatic carbocycles. The fraction of sp³-hybridized carbons (Fsp3) is 0.0833. The van der Waals surface area contributed by atoms with Crippen LogP contribution in [-0.2, 0) is 13.2 Å². The van der Waals surface area contributed by atoms with E-state index < -0.39 is 4.92 Å². The summed E-state index contributed by atoms with van der Waals surface area (Å²) in [5.74, 6) is 1.19. The Bertz CT molecular complexity index is 1170. The molecule has 0 aliphatic rings. The van der Waals surface area contributed by atoms with Crippen LogP contribution < -0.4 is 9.47 Å². The van der Waals surface area contributed by atoms with Gasteiger partial charge in [-0.15, -0.1) is 0 Å². The zero-order valence-corrected chi connectivity index (χ0v) is 16.2. The van der Waals surface area contributed by atoms with Gasteiger partial charge in [0, 0.05) is 34.8 Å². The fourth-order valence-electron chi connectivity index (χ4n) is 3.13. The molecule has 0 bridgehead atoms. The largest absolute Gasteiger partial charge is 0.485 e. The molecular formula is C24H20N2O4. The monoisotopic (exact) mass is 400 g/mol. The molecular weight excluding hydrogens is 380 g/mol. The number of ether oxygens (including phenoxy) is 2. The molecule has 0 amide bonds. The normalized spacial score (nSPS) is 11.1. The number of rotatable bonds is 8. The van der Waals surface area contributed by atoms with Crippen LogP contribution in [-0.4, -0.2) is 9.91 Å². The van der Waals surface area contributed by atoms with Crippen LogP contribution in [0.15, 0.2) is 85.2 Å². The Kier molecular flexibility index (Phi) is 5.75. The van der Waals surface area contributed by atoms with Gasteiger partial charge in [0.1, 0.15) is 13.2 Å². The second kappa shape index (κ2) is 8.96. The predicted octanol–water partition coefficient (Wildman–Crippen LogP) is 5.57. The molecule has 0 fully saturated rings. The van der Waals surface area contributed by atoms with E-state index in [0.717, 1.165) is 28.2 Å². The van der Waals surface area contributed by atoms with E-state index in [9.17, 15) is 10.1 Å². The molecule has 4 aromatic rings. The quantitative estimate of drug-likeness (QED) is 0.310. The zero-order valence-electron chi connectivity index (χ0n) is 16.2. The summed E-state index contributed by atoms with van der Waals surface area (Å²) < 4.78 is 12.1. The van der Waals surface area contributed by atoms with Gasteiger partial charge in [0.2, 0.25) is 6.20 Å². The molecule has 0 radical (unpaired) electrons. The molecule has 0 aliphatic heterocycles. The van der Waals surface area contributed by atoms with E-state index >= 15 is 0 Å². The van der Waals surface area contributed by atoms with Crippen LogP contribution in [0.2, 0.25) is 0 Å². The predicted molar refractivity (Wildman–Crippen MR) is 116 cm³/mol. The maximum atomic E-state index is 10.7. The molecule has 0 saturated carbocycles. The van der Waals surface area contributed by atoms with Gasteiger partial charge in [-0.2, -0.15) is 0 Å². The van der Waals surface area contributed by atoms with Crippen LogP contribution in [0, 0.1) is 10.1 Å². The molecule has 0 aliphatic carbocycles. The van der Waals surface area contributed by atoms with Crippen molar-refractivity contribution in [3.8, 4) is 11.5 Å². The highest BCUT2D eigenvalue weighted by Crippen LogP contribution is 2.35. The lowest BCUT2D eigenvalue weighted by Crippen LogP contribution is -2.00. The van der Waals surface area contributed by atoms with Gasteiger partial charge in [-0.1, -0.05) is 60.7 Å². The third-order valence-electron chi connectivity index (χ3n) is 4.63. The van der Waals surface area contributed by atoms with Crippen molar-refractivity contribution in [1.82, 2.24) is 4.98 Å². The maximum absolute atomic E-state index is 10.7. The summed E-state index contributed by atoms with van der Waals surface area (Å²) >= 11 is 0. The SMILES string of the molecule is O=[N+]([O-])C=Cc1c[nH]c2cc(OCc3ccccc3)c(OCc3ccccc3)cc12. The second-order valence-electron chi connectivity index (χ2n) is 6.74. The average molecular weight is 400 g/mol. The summed E-state index contributed by atoms with van der Waals surface area (Å²) in [5.41, 5.74) is 3.61. The highest BCUT2D eigenvalue weighted by Gasteiger charge is 2.12. The number of hydrogen-bond acceptors (Lipinski definition) is 4. The number of fused-ring (bicyclic) bond motifs is 1. The van der Waals surface area contributed by atoms with Gasteiger partial charge >= 0.3 is 0 Å². The average Bonchev–Trinajstić information content (AvgIpc) is 3.17. The summed E-state index contributed by atoms with van der Waals surface area (Å²) in [7, 11) is 0. The van der Waals surface area contributed by atoms with Crippen LogP contribution >= 0.6 is 0 Å². The molecule has 0 atom stereocenters. The van der Waals surface area contributed by atoms with Crippen LogP contribution in [0.4, 0.5) is 0 Å². The maximum Gasteiger partial charge on any atom is 0.235 e. The number of H-pyrrole nitrogens is 1. The third kappa shape index (κ3) is 4.67. The zero-order chi connectivity index (χ0) is 20.8. The Morgan fingerprint density at radius 3 is 2.00 bits per heavy atom. The molecule has 0 unspecified atom stereocenters. The summed E-state index contributed by atoms with van der Waals surface area (Å²) in [6.45, 7) is 0.793. The molecule has 0 saturated heterocycles. The number of nitro groups is 1. The highest BCUT2D eigenvalue weighted by molar-refractivity contribution is 5.91. The fourth-order valence-corrected chi connectivity index (χ4v) is 3.13. The summed E-state index contributed by atoms with van der Waals surface area (Å²) in [4.78, 5) is 13.4. The number of benzene rings is 3. The van der Waals surface area contributed by atoms with Crippen molar-refractivity contribution in [2.75, 3.05) is 0 Å². The Balaban J connectivity index is 1.65. The second-order valence-corrected chi connectivity index (χ2v) is 6.74.